The van der Waals surface area contributed by atoms with Gasteiger partial charge in [-0.3, -0.25) is 0 Å². The average molecular weight is 289 g/mol. The van der Waals surface area contributed by atoms with E-state index >= 15 is 0 Å². The van der Waals surface area contributed by atoms with E-state index in [4.69, 9.17) is 15.6 Å². The summed E-state index contributed by atoms with van der Waals surface area (Å²) < 4.78 is 7.13. The second-order valence-corrected chi connectivity index (χ2v) is 4.74. The van der Waals surface area contributed by atoms with E-state index in [9.17, 15) is 5.11 Å². The zero-order valence-electron chi connectivity index (χ0n) is 11.4. The van der Waals surface area contributed by atoms with Gasteiger partial charge in [0.15, 0.2) is 11.9 Å². The second kappa shape index (κ2) is 5.29. The number of hydrogen-bond acceptors (Lipinski definition) is 7. The Hall–Kier alpha value is -2.21. The van der Waals surface area contributed by atoms with Crippen LogP contribution in [0.5, 0.6) is 0 Å². The number of anilines is 1. The third-order valence-corrected chi connectivity index (χ3v) is 3.42. The van der Waals surface area contributed by atoms with Crippen LogP contribution in [0.4, 0.5) is 5.82 Å². The van der Waals surface area contributed by atoms with E-state index < -0.39 is 18.4 Å². The molecule has 3 rings (SSSR count). The number of hydrogen-bond donors (Lipinski definition) is 3. The first-order chi connectivity index (χ1) is 10.2. The molecule has 0 amide bonds. The van der Waals surface area contributed by atoms with Crippen molar-refractivity contribution in [2.45, 2.75) is 31.8 Å². The number of ether oxygens (including phenoxy) is 1. The molecule has 2 aromatic heterocycles. The molecule has 0 radical (unpaired) electrons. The lowest BCUT2D eigenvalue weighted by atomic mass is 10.2. The number of fused-ring (bicyclic) bond motifs is 1. The Kier molecular flexibility index (Phi) is 3.47. The smallest absolute Gasteiger partial charge is 0.167 e. The van der Waals surface area contributed by atoms with Gasteiger partial charge >= 0.3 is 0 Å². The SMILES string of the molecule is CC#Cc1nn([C@H]2CC(O)[C@@H](CO)O2)c2ncnc(N)c12. The molecule has 21 heavy (non-hydrogen) atoms. The van der Waals surface area contributed by atoms with Crippen LogP contribution in [-0.2, 0) is 4.74 Å². The van der Waals surface area contributed by atoms with Gasteiger partial charge in [-0.1, -0.05) is 5.92 Å². The fourth-order valence-corrected chi connectivity index (χ4v) is 2.43. The minimum absolute atomic E-state index is 0.254. The molecule has 0 bridgehead atoms. The highest BCUT2D eigenvalue weighted by Crippen LogP contribution is 2.32. The van der Waals surface area contributed by atoms with Gasteiger partial charge in [0.1, 0.15) is 23.9 Å². The summed E-state index contributed by atoms with van der Waals surface area (Å²) in [6.07, 6.45) is -0.256. The number of aliphatic hydroxyl groups is 2. The number of nitrogen functional groups attached to an aromatic ring is 1. The van der Waals surface area contributed by atoms with Crippen LogP contribution in [-0.4, -0.2) is 48.8 Å². The molecule has 8 heteroatoms. The number of rotatable bonds is 2. The van der Waals surface area contributed by atoms with E-state index in [1.54, 1.807) is 6.92 Å². The van der Waals surface area contributed by atoms with Crippen molar-refractivity contribution < 1.29 is 14.9 Å². The quantitative estimate of drug-likeness (QED) is 0.633. The van der Waals surface area contributed by atoms with Gasteiger partial charge in [0.05, 0.1) is 18.1 Å². The molecule has 2 aromatic rings. The second-order valence-electron chi connectivity index (χ2n) is 4.74. The fraction of sp³-hybridized carbons (Fsp3) is 0.462. The lowest BCUT2D eigenvalue weighted by Gasteiger charge is -2.12. The van der Waals surface area contributed by atoms with Crippen LogP contribution >= 0.6 is 0 Å². The summed E-state index contributed by atoms with van der Waals surface area (Å²) in [7, 11) is 0. The monoisotopic (exact) mass is 289 g/mol. The molecule has 3 heterocycles. The molecule has 110 valence electrons. The molecule has 0 aliphatic carbocycles. The van der Waals surface area contributed by atoms with Crippen LogP contribution in [0.3, 0.4) is 0 Å². The maximum atomic E-state index is 9.85. The lowest BCUT2D eigenvalue weighted by Crippen LogP contribution is -2.24. The van der Waals surface area contributed by atoms with Crippen molar-refractivity contribution in [1.82, 2.24) is 19.7 Å². The Morgan fingerprint density at radius 1 is 1.52 bits per heavy atom. The van der Waals surface area contributed by atoms with Crippen molar-refractivity contribution in [2.75, 3.05) is 12.3 Å². The van der Waals surface area contributed by atoms with Gasteiger partial charge < -0.3 is 20.7 Å². The van der Waals surface area contributed by atoms with Gasteiger partial charge in [0, 0.05) is 6.42 Å². The van der Waals surface area contributed by atoms with Gasteiger partial charge in [-0.2, -0.15) is 5.10 Å². The van der Waals surface area contributed by atoms with Crippen molar-refractivity contribution in [3.8, 4) is 11.8 Å². The third-order valence-electron chi connectivity index (χ3n) is 3.42. The standard InChI is InChI=1S/C13H15N5O3/c1-2-3-7-11-12(14)15-6-16-13(11)18(17-7)10-4-8(20)9(5-19)21-10/h6,8-10,19-20H,4-5H2,1H3,(H2,14,15,16)/t8?,9-,10-/m1/s1. The van der Waals surface area contributed by atoms with E-state index in [1.807, 2.05) is 0 Å². The van der Waals surface area contributed by atoms with Crippen LogP contribution in [0, 0.1) is 11.8 Å². The summed E-state index contributed by atoms with van der Waals surface area (Å²) in [6, 6.07) is 0. The molecule has 0 spiro atoms. The average Bonchev–Trinajstić information content (AvgIpc) is 3.01. The Morgan fingerprint density at radius 3 is 3.00 bits per heavy atom. The zero-order valence-corrected chi connectivity index (χ0v) is 11.4. The zero-order chi connectivity index (χ0) is 15.0. The van der Waals surface area contributed by atoms with Crippen molar-refractivity contribution in [1.29, 1.82) is 0 Å². The van der Waals surface area contributed by atoms with Crippen LogP contribution < -0.4 is 5.73 Å². The summed E-state index contributed by atoms with van der Waals surface area (Å²) in [5.41, 5.74) is 6.84. The predicted octanol–water partition coefficient (Wildman–Crippen LogP) is -0.579. The summed E-state index contributed by atoms with van der Waals surface area (Å²) in [5.74, 6) is 5.92. The van der Waals surface area contributed by atoms with Crippen molar-refractivity contribution >= 4 is 16.9 Å². The number of nitrogens with two attached hydrogens (primary N) is 1. The molecule has 1 fully saturated rings. The fourth-order valence-electron chi connectivity index (χ4n) is 2.43. The first-order valence-corrected chi connectivity index (χ1v) is 6.51. The third kappa shape index (κ3) is 2.21. The normalized spacial score (nSPS) is 25.0. The van der Waals surface area contributed by atoms with Gasteiger partial charge in [0.2, 0.25) is 0 Å². The van der Waals surface area contributed by atoms with Gasteiger partial charge in [-0.25, -0.2) is 14.6 Å². The molecule has 0 aromatic carbocycles. The Balaban J connectivity index is 2.11. The topological polar surface area (TPSA) is 119 Å². The van der Waals surface area contributed by atoms with E-state index in [1.165, 1.54) is 11.0 Å². The Morgan fingerprint density at radius 2 is 2.33 bits per heavy atom. The van der Waals surface area contributed by atoms with Gasteiger partial charge in [-0.05, 0) is 12.8 Å². The van der Waals surface area contributed by atoms with Crippen LogP contribution in [0.15, 0.2) is 6.33 Å². The minimum Gasteiger partial charge on any atom is -0.394 e. The molecule has 1 aliphatic rings. The molecule has 0 saturated carbocycles. The molecule has 8 nitrogen and oxygen atoms in total. The molecule has 1 aliphatic heterocycles. The summed E-state index contributed by atoms with van der Waals surface area (Å²) in [5, 5.41) is 23.9. The largest absolute Gasteiger partial charge is 0.394 e. The Bertz CT molecular complexity index is 732. The van der Waals surface area contributed by atoms with Gasteiger partial charge in [0.25, 0.3) is 0 Å². The maximum absolute atomic E-state index is 9.85. The van der Waals surface area contributed by atoms with Crippen molar-refractivity contribution in [3.05, 3.63) is 12.0 Å². The Labute approximate surface area is 120 Å². The highest BCUT2D eigenvalue weighted by Gasteiger charge is 2.36. The van der Waals surface area contributed by atoms with Gasteiger partial charge in [-0.15, -0.1) is 0 Å². The summed E-state index contributed by atoms with van der Waals surface area (Å²) in [6.45, 7) is 1.44. The molecule has 3 atom stereocenters. The van der Waals surface area contributed by atoms with Crippen molar-refractivity contribution in [2.24, 2.45) is 0 Å². The summed E-state index contributed by atoms with van der Waals surface area (Å²) in [4.78, 5) is 8.13. The molecule has 1 saturated heterocycles. The first-order valence-electron chi connectivity index (χ1n) is 6.51. The number of aromatic nitrogens is 4. The van der Waals surface area contributed by atoms with E-state index in [0.717, 1.165) is 0 Å². The van der Waals surface area contributed by atoms with E-state index in [2.05, 4.69) is 26.9 Å². The molecular weight excluding hydrogens is 274 g/mol. The molecule has 4 N–H and O–H groups in total. The maximum Gasteiger partial charge on any atom is 0.167 e. The molecule has 1 unspecified atom stereocenters. The van der Waals surface area contributed by atoms with Crippen LogP contribution in [0.1, 0.15) is 25.3 Å². The van der Waals surface area contributed by atoms with Crippen molar-refractivity contribution in [3.63, 3.8) is 0 Å². The first kappa shape index (κ1) is 13.8. The highest BCUT2D eigenvalue weighted by molar-refractivity contribution is 5.90. The van der Waals surface area contributed by atoms with Crippen LogP contribution in [0.25, 0.3) is 11.0 Å². The van der Waals surface area contributed by atoms with Crippen LogP contribution in [0.2, 0.25) is 0 Å². The lowest BCUT2D eigenvalue weighted by molar-refractivity contribution is -0.0470. The predicted molar refractivity (Wildman–Crippen MR) is 73.9 cm³/mol. The summed E-state index contributed by atoms with van der Waals surface area (Å²) >= 11 is 0. The number of nitrogens with zero attached hydrogens (tertiary/aromatic N) is 4. The van der Waals surface area contributed by atoms with E-state index in [-0.39, 0.29) is 6.61 Å². The minimum atomic E-state index is -0.751. The number of aliphatic hydroxyl groups excluding tert-OH is 2. The highest BCUT2D eigenvalue weighted by atomic mass is 16.5. The van der Waals surface area contributed by atoms with E-state index in [0.29, 0.717) is 29.0 Å². The molecular formula is C13H15N5O3.